The van der Waals surface area contributed by atoms with Gasteiger partial charge in [-0.05, 0) is 46.9 Å². The molecule has 0 spiro atoms. The van der Waals surface area contributed by atoms with Crippen molar-refractivity contribution in [1.82, 2.24) is 10.6 Å². The first-order valence-corrected chi connectivity index (χ1v) is 11.1. The minimum absolute atomic E-state index is 0.0225. The molecule has 170 valence electrons. The zero-order chi connectivity index (χ0) is 23.2. The summed E-state index contributed by atoms with van der Waals surface area (Å²) in [5, 5.41) is 14.4. The Kier molecular flexibility index (Phi) is 6.94. The number of hydrogen-bond donors (Lipinski definition) is 3. The van der Waals surface area contributed by atoms with Gasteiger partial charge >= 0.3 is 12.1 Å². The number of carbonyl (C=O) groups is 3. The average molecular weight is 447 g/mol. The molecule has 0 aromatic heterocycles. The van der Waals surface area contributed by atoms with E-state index in [0.29, 0.717) is 13.0 Å². The SMILES string of the molecule is O=C(C#CCNC(=O)OCC1c2ccccc2-c2ccccc21)NC[C@H]1CCC[C@H]1C(=O)O. The van der Waals surface area contributed by atoms with E-state index in [1.54, 1.807) is 0 Å². The van der Waals surface area contributed by atoms with E-state index in [1.807, 2.05) is 24.3 Å². The molecule has 0 aliphatic heterocycles. The number of fused-ring (bicyclic) bond motifs is 3. The third-order valence-electron chi connectivity index (χ3n) is 6.37. The fourth-order valence-corrected chi connectivity index (χ4v) is 4.76. The van der Waals surface area contributed by atoms with Crippen LogP contribution in [0.4, 0.5) is 4.79 Å². The zero-order valence-electron chi connectivity index (χ0n) is 18.2. The lowest BCUT2D eigenvalue weighted by Crippen LogP contribution is -2.32. The standard InChI is InChI=1S/C26H26N2O5/c29-24(28-15-17-7-5-12-18(17)25(30)31)13-6-14-27-26(32)33-16-23-21-10-3-1-8-19(21)20-9-2-4-11-22(20)23/h1-4,8-11,17-18,23H,5,7,12,14-16H2,(H,27,32)(H,28,29)(H,30,31)/t17-,18-/m1/s1. The Bertz CT molecular complexity index is 1070. The largest absolute Gasteiger partial charge is 0.481 e. The van der Waals surface area contributed by atoms with Crippen molar-refractivity contribution >= 4 is 18.0 Å². The number of nitrogens with one attached hydrogen (secondary N) is 2. The lowest BCUT2D eigenvalue weighted by atomic mass is 9.96. The molecule has 2 aliphatic carbocycles. The number of carboxylic acid groups (broad SMARTS) is 1. The molecule has 1 saturated carbocycles. The highest BCUT2D eigenvalue weighted by molar-refractivity contribution is 5.93. The third-order valence-corrected chi connectivity index (χ3v) is 6.37. The van der Waals surface area contributed by atoms with Crippen LogP contribution in [0.5, 0.6) is 0 Å². The third kappa shape index (κ3) is 5.17. The molecule has 2 aromatic rings. The van der Waals surface area contributed by atoms with Crippen LogP contribution in [0.25, 0.3) is 11.1 Å². The summed E-state index contributed by atoms with van der Waals surface area (Å²) in [5.74, 6) is 3.21. The normalized spacial score (nSPS) is 18.4. The molecule has 2 aromatic carbocycles. The number of aliphatic carboxylic acids is 1. The van der Waals surface area contributed by atoms with Gasteiger partial charge in [0.1, 0.15) is 6.61 Å². The smallest absolute Gasteiger partial charge is 0.407 e. The van der Waals surface area contributed by atoms with E-state index in [4.69, 9.17) is 4.74 Å². The van der Waals surface area contributed by atoms with Crippen molar-refractivity contribution < 1.29 is 24.2 Å². The summed E-state index contributed by atoms with van der Waals surface area (Å²) in [6.45, 7) is 0.482. The first-order chi connectivity index (χ1) is 16.0. The van der Waals surface area contributed by atoms with Crippen molar-refractivity contribution in [3.63, 3.8) is 0 Å². The Hall–Kier alpha value is -3.79. The van der Waals surface area contributed by atoms with Gasteiger partial charge in [0.25, 0.3) is 5.91 Å². The summed E-state index contributed by atoms with van der Waals surface area (Å²) in [5.41, 5.74) is 4.59. The maximum absolute atomic E-state index is 12.1. The van der Waals surface area contributed by atoms with Crippen LogP contribution in [-0.2, 0) is 14.3 Å². The van der Waals surface area contributed by atoms with Gasteiger partial charge in [-0.1, -0.05) is 60.9 Å². The minimum Gasteiger partial charge on any atom is -0.481 e. The van der Waals surface area contributed by atoms with Crippen LogP contribution in [0.3, 0.4) is 0 Å². The quantitative estimate of drug-likeness (QED) is 0.592. The molecule has 4 rings (SSSR count). The molecule has 3 N–H and O–H groups in total. The lowest BCUT2D eigenvalue weighted by Gasteiger charge is -2.15. The second-order valence-corrected chi connectivity index (χ2v) is 8.33. The van der Waals surface area contributed by atoms with Crippen LogP contribution in [0, 0.1) is 23.7 Å². The fourth-order valence-electron chi connectivity index (χ4n) is 4.76. The predicted molar refractivity (Wildman–Crippen MR) is 122 cm³/mol. The van der Waals surface area contributed by atoms with Gasteiger partial charge in [-0.2, -0.15) is 0 Å². The van der Waals surface area contributed by atoms with E-state index in [9.17, 15) is 19.5 Å². The van der Waals surface area contributed by atoms with E-state index in [-0.39, 0.29) is 25.0 Å². The van der Waals surface area contributed by atoms with Crippen LogP contribution in [0.15, 0.2) is 48.5 Å². The molecule has 7 heteroatoms. The first-order valence-electron chi connectivity index (χ1n) is 11.1. The number of amides is 2. The summed E-state index contributed by atoms with van der Waals surface area (Å²) in [7, 11) is 0. The Balaban J connectivity index is 1.21. The molecule has 2 atom stereocenters. The topological polar surface area (TPSA) is 105 Å². The molecular weight excluding hydrogens is 420 g/mol. The van der Waals surface area contributed by atoms with E-state index in [0.717, 1.165) is 35.1 Å². The van der Waals surface area contributed by atoms with Crippen molar-refractivity contribution in [3.8, 4) is 23.0 Å². The Labute approximate surface area is 192 Å². The van der Waals surface area contributed by atoms with Crippen LogP contribution < -0.4 is 10.6 Å². The Morgan fingerprint density at radius 3 is 2.30 bits per heavy atom. The van der Waals surface area contributed by atoms with Gasteiger partial charge < -0.3 is 20.5 Å². The first kappa shape index (κ1) is 22.4. The molecule has 33 heavy (non-hydrogen) atoms. The number of ether oxygens (including phenoxy) is 1. The van der Waals surface area contributed by atoms with Gasteiger partial charge in [-0.3, -0.25) is 9.59 Å². The van der Waals surface area contributed by atoms with Crippen molar-refractivity contribution in [3.05, 3.63) is 59.7 Å². The highest BCUT2D eigenvalue weighted by atomic mass is 16.5. The minimum atomic E-state index is -0.815. The Morgan fingerprint density at radius 2 is 1.64 bits per heavy atom. The molecule has 2 aliphatic rings. The van der Waals surface area contributed by atoms with Crippen LogP contribution >= 0.6 is 0 Å². The fraction of sp³-hybridized carbons (Fsp3) is 0.346. The number of hydrogen-bond acceptors (Lipinski definition) is 4. The molecular formula is C26H26N2O5. The summed E-state index contributed by atoms with van der Waals surface area (Å²) >= 11 is 0. The van der Waals surface area contributed by atoms with E-state index in [1.165, 1.54) is 0 Å². The molecule has 0 radical (unpaired) electrons. The molecule has 0 saturated heterocycles. The molecule has 7 nitrogen and oxygen atoms in total. The molecule has 1 fully saturated rings. The molecule has 0 bridgehead atoms. The van der Waals surface area contributed by atoms with E-state index in [2.05, 4.69) is 46.7 Å². The second-order valence-electron chi connectivity index (χ2n) is 8.33. The maximum atomic E-state index is 12.1. The maximum Gasteiger partial charge on any atom is 0.407 e. The van der Waals surface area contributed by atoms with Gasteiger partial charge in [-0.15, -0.1) is 0 Å². The molecule has 0 heterocycles. The van der Waals surface area contributed by atoms with Gasteiger partial charge in [0.15, 0.2) is 0 Å². The summed E-state index contributed by atoms with van der Waals surface area (Å²) < 4.78 is 5.42. The van der Waals surface area contributed by atoms with Crippen LogP contribution in [-0.4, -0.2) is 42.8 Å². The van der Waals surface area contributed by atoms with Gasteiger partial charge in [0, 0.05) is 12.5 Å². The van der Waals surface area contributed by atoms with Crippen LogP contribution in [0.2, 0.25) is 0 Å². The number of rotatable bonds is 6. The predicted octanol–water partition coefficient (Wildman–Crippen LogP) is 3.15. The van der Waals surface area contributed by atoms with Crippen molar-refractivity contribution in [2.75, 3.05) is 19.7 Å². The van der Waals surface area contributed by atoms with Crippen molar-refractivity contribution in [2.45, 2.75) is 25.2 Å². The van der Waals surface area contributed by atoms with E-state index < -0.39 is 23.9 Å². The lowest BCUT2D eigenvalue weighted by molar-refractivity contribution is -0.143. The van der Waals surface area contributed by atoms with Gasteiger partial charge in [0.05, 0.1) is 12.5 Å². The highest BCUT2D eigenvalue weighted by Gasteiger charge is 2.32. The van der Waals surface area contributed by atoms with Crippen LogP contribution in [0.1, 0.15) is 36.3 Å². The van der Waals surface area contributed by atoms with Crippen molar-refractivity contribution in [1.29, 1.82) is 0 Å². The Morgan fingerprint density at radius 1 is 0.970 bits per heavy atom. The number of benzene rings is 2. The average Bonchev–Trinajstić information content (AvgIpc) is 3.42. The molecule has 2 amide bonds. The van der Waals surface area contributed by atoms with E-state index >= 15 is 0 Å². The number of carbonyl (C=O) groups excluding carboxylic acids is 2. The number of carboxylic acids is 1. The molecule has 0 unspecified atom stereocenters. The number of alkyl carbamates (subject to hydrolysis) is 1. The monoisotopic (exact) mass is 446 g/mol. The second kappa shape index (κ2) is 10.2. The highest BCUT2D eigenvalue weighted by Crippen LogP contribution is 2.44. The summed E-state index contributed by atoms with van der Waals surface area (Å²) in [4.78, 5) is 35.2. The van der Waals surface area contributed by atoms with Gasteiger partial charge in [-0.25, -0.2) is 4.79 Å². The summed E-state index contributed by atoms with van der Waals surface area (Å²) in [6.07, 6.45) is 1.69. The van der Waals surface area contributed by atoms with Gasteiger partial charge in [0.2, 0.25) is 0 Å². The summed E-state index contributed by atoms with van der Waals surface area (Å²) in [6, 6.07) is 16.2. The zero-order valence-corrected chi connectivity index (χ0v) is 18.2. The van der Waals surface area contributed by atoms with Crippen molar-refractivity contribution in [2.24, 2.45) is 11.8 Å².